The number of Topliss-reactive ketones (excluding diaryl/α,β-unsaturated/α-hetero) is 1. The van der Waals surface area contributed by atoms with Gasteiger partial charge in [0.05, 0.1) is 46.8 Å². The van der Waals surface area contributed by atoms with E-state index in [9.17, 15) is 35.0 Å². The van der Waals surface area contributed by atoms with Crippen LogP contribution in [0, 0.1) is 33.8 Å². The summed E-state index contributed by atoms with van der Waals surface area (Å²) in [5, 5.41) is 63.1. The summed E-state index contributed by atoms with van der Waals surface area (Å²) in [6, 6.07) is 5.84. The maximum Gasteiger partial charge on any atom is 0.316 e. The number of ether oxygens (including phenoxy) is 4. The standard InChI is InChI=1S/C44H69N7O12/c1-11-35-44(8,56)39(54)27(4)36(47-63-33-16-18-45-22-33)25(2)21-43(7,59-10)40(28(5)37(52)29(6)41(55)61-35)62-42-38(53)34(20-26(3)60-42)49(9)19-17-31-24-50(48-46-31)23-30-12-14-32(15-13-30)51(57)58/h12-15,24-29,33-35,38-40,42,45,53-54,56H,11,16-23H2,1-10H3/t25-,26-,27+,28+,29-,33-,34+,35-,38-,39-,40-,42+,43-,44-/m1/s1. The first-order chi connectivity index (χ1) is 29.7. The fourth-order valence-corrected chi connectivity index (χ4v) is 9.29. The third-order valence-electron chi connectivity index (χ3n) is 13.4. The van der Waals surface area contributed by atoms with Crippen LogP contribution in [0.1, 0.15) is 92.3 Å². The van der Waals surface area contributed by atoms with Gasteiger partial charge in [-0.25, -0.2) is 4.68 Å². The second kappa shape index (κ2) is 21.4. The van der Waals surface area contributed by atoms with Crippen LogP contribution < -0.4 is 5.32 Å². The SMILES string of the molecule is CC[C@H]1OC(=O)[C@H](C)C(=O)[C@H](C)[C@@H](O[C@@H]2O[C@H](C)C[C@H](N(C)CCc3cn(Cc4ccc([N+](=O)[O-])cc4)nn3)[C@H]2O)[C@](C)(OC)C[C@@H](C)C(=NO[C@@H]2CCNC2)[C@H](C)[C@@H](O)[C@]1(C)O. The third-order valence-corrected chi connectivity index (χ3v) is 13.4. The molecular weight excluding hydrogens is 819 g/mol. The smallest absolute Gasteiger partial charge is 0.316 e. The monoisotopic (exact) mass is 888 g/mol. The van der Waals surface area contributed by atoms with Crippen LogP contribution in [0.15, 0.2) is 35.6 Å². The molecule has 0 radical (unpaired) electrons. The largest absolute Gasteiger partial charge is 0.459 e. The number of hydrogen-bond donors (Lipinski definition) is 4. The van der Waals surface area contributed by atoms with Gasteiger partial charge in [0.1, 0.15) is 29.8 Å². The first kappa shape index (κ1) is 50.1. The number of oxime groups is 1. The highest BCUT2D eigenvalue weighted by Gasteiger charge is 2.52. The van der Waals surface area contributed by atoms with E-state index in [2.05, 4.69) is 20.8 Å². The van der Waals surface area contributed by atoms with E-state index in [0.717, 1.165) is 24.2 Å². The minimum absolute atomic E-state index is 0.0113. The summed E-state index contributed by atoms with van der Waals surface area (Å²) in [5.74, 6) is -4.87. The van der Waals surface area contributed by atoms with Gasteiger partial charge in [-0.05, 0) is 66.1 Å². The van der Waals surface area contributed by atoms with Crippen molar-refractivity contribution in [2.75, 3.05) is 33.8 Å². The van der Waals surface area contributed by atoms with Crippen LogP contribution >= 0.6 is 0 Å². The van der Waals surface area contributed by atoms with Crippen LogP contribution in [-0.2, 0) is 46.3 Å². The van der Waals surface area contributed by atoms with Crippen molar-refractivity contribution in [2.45, 2.75) is 154 Å². The Morgan fingerprint density at radius 1 is 1.11 bits per heavy atom. The van der Waals surface area contributed by atoms with E-state index < -0.39 is 88.3 Å². The van der Waals surface area contributed by atoms with Gasteiger partial charge in [0, 0.05) is 75.2 Å². The Morgan fingerprint density at radius 2 is 1.81 bits per heavy atom. The molecule has 3 aliphatic rings. The number of methoxy groups -OCH3 is 1. The zero-order valence-electron chi connectivity index (χ0n) is 38.4. The predicted molar refractivity (Wildman–Crippen MR) is 230 cm³/mol. The number of likely N-dealkylation sites (N-methyl/N-ethyl adjacent to an activating group) is 1. The lowest BCUT2D eigenvalue weighted by Crippen LogP contribution is -2.60. The van der Waals surface area contributed by atoms with Gasteiger partial charge in [-0.3, -0.25) is 19.7 Å². The molecule has 0 saturated carbocycles. The van der Waals surface area contributed by atoms with Crippen LogP contribution in [-0.4, -0.2) is 152 Å². The molecule has 3 fully saturated rings. The second-order valence-corrected chi connectivity index (χ2v) is 18.3. The molecule has 4 heterocycles. The molecule has 19 nitrogen and oxygen atoms in total. The maximum atomic E-state index is 14.4. The molecule has 3 saturated heterocycles. The van der Waals surface area contributed by atoms with Crippen molar-refractivity contribution in [1.29, 1.82) is 0 Å². The number of ketones is 1. The number of hydrogen-bond acceptors (Lipinski definition) is 17. The lowest BCUT2D eigenvalue weighted by atomic mass is 9.74. The Bertz CT molecular complexity index is 1870. The first-order valence-electron chi connectivity index (χ1n) is 22.2. The molecule has 4 N–H and O–H groups in total. The van der Waals surface area contributed by atoms with Crippen LogP contribution in [0.5, 0.6) is 0 Å². The van der Waals surface area contributed by atoms with E-state index in [1.165, 1.54) is 33.1 Å². The van der Waals surface area contributed by atoms with Crippen molar-refractivity contribution in [1.82, 2.24) is 25.2 Å². The second-order valence-electron chi connectivity index (χ2n) is 18.3. The number of rotatable bonds is 13. The van der Waals surface area contributed by atoms with Crippen LogP contribution in [0.25, 0.3) is 0 Å². The molecule has 0 spiro atoms. The highest BCUT2D eigenvalue weighted by Crippen LogP contribution is 2.39. The number of aromatic nitrogens is 3. The molecule has 1 aromatic heterocycles. The zero-order valence-corrected chi connectivity index (χ0v) is 38.4. The van der Waals surface area contributed by atoms with Crippen molar-refractivity contribution < 1.29 is 53.6 Å². The summed E-state index contributed by atoms with van der Waals surface area (Å²) in [7, 11) is 3.40. The number of carbonyl (C=O) groups is 2. The van der Waals surface area contributed by atoms with Crippen molar-refractivity contribution >= 4 is 23.2 Å². The van der Waals surface area contributed by atoms with Gasteiger partial charge in [-0.15, -0.1) is 5.10 Å². The zero-order chi connectivity index (χ0) is 46.4. The van der Waals surface area contributed by atoms with Crippen molar-refractivity contribution in [3.8, 4) is 0 Å². The maximum absolute atomic E-state index is 14.4. The topological polar surface area (TPSA) is 242 Å². The molecular formula is C44H69N7O12. The molecule has 63 heavy (non-hydrogen) atoms. The fourth-order valence-electron chi connectivity index (χ4n) is 9.29. The number of cyclic esters (lactones) is 1. The fraction of sp³-hybridized carbons (Fsp3) is 0.750. The number of benzene rings is 1. The van der Waals surface area contributed by atoms with E-state index in [0.29, 0.717) is 38.2 Å². The molecule has 0 aliphatic carbocycles. The van der Waals surface area contributed by atoms with E-state index in [4.69, 9.17) is 23.8 Å². The average Bonchev–Trinajstić information content (AvgIpc) is 3.95. The molecule has 0 amide bonds. The molecule has 2 aromatic rings. The van der Waals surface area contributed by atoms with Crippen molar-refractivity contribution in [2.24, 2.45) is 28.8 Å². The third kappa shape index (κ3) is 11.9. The lowest BCUT2D eigenvalue weighted by molar-refractivity contribution is -0.384. The van der Waals surface area contributed by atoms with E-state index >= 15 is 0 Å². The normalized spacial score (nSPS) is 36.9. The van der Waals surface area contributed by atoms with Gasteiger partial charge in [-0.2, -0.15) is 0 Å². The summed E-state index contributed by atoms with van der Waals surface area (Å²) < 4.78 is 26.9. The minimum atomic E-state index is -1.92. The highest BCUT2D eigenvalue weighted by atomic mass is 16.7. The Labute approximate surface area is 369 Å². The number of esters is 1. The molecule has 14 atom stereocenters. The van der Waals surface area contributed by atoms with Gasteiger partial charge < -0.3 is 49.3 Å². The lowest BCUT2D eigenvalue weighted by Gasteiger charge is -2.47. The Hall–Kier alpha value is -3.95. The highest BCUT2D eigenvalue weighted by molar-refractivity contribution is 6.00. The van der Waals surface area contributed by atoms with Crippen LogP contribution in [0.2, 0.25) is 0 Å². The molecule has 0 bridgehead atoms. The average molecular weight is 888 g/mol. The Morgan fingerprint density at radius 3 is 2.43 bits per heavy atom. The van der Waals surface area contributed by atoms with E-state index in [1.807, 2.05) is 32.0 Å². The Balaban J connectivity index is 1.39. The molecule has 1 aromatic carbocycles. The molecule has 5 rings (SSSR count). The molecule has 3 aliphatic heterocycles. The van der Waals surface area contributed by atoms with Crippen LogP contribution in [0.4, 0.5) is 5.69 Å². The van der Waals surface area contributed by atoms with Gasteiger partial charge in [0.2, 0.25) is 0 Å². The van der Waals surface area contributed by atoms with Gasteiger partial charge >= 0.3 is 5.97 Å². The molecule has 352 valence electrons. The minimum Gasteiger partial charge on any atom is -0.459 e. The number of non-ortho nitro benzene ring substituents is 1. The molecule has 0 unspecified atom stereocenters. The number of aliphatic hydroxyl groups excluding tert-OH is 2. The number of nitrogens with one attached hydrogen (secondary N) is 1. The van der Waals surface area contributed by atoms with Gasteiger partial charge in [-0.1, -0.05) is 50.2 Å². The number of aliphatic hydroxyl groups is 3. The summed E-state index contributed by atoms with van der Waals surface area (Å²) >= 11 is 0. The first-order valence-corrected chi connectivity index (χ1v) is 22.2. The summed E-state index contributed by atoms with van der Waals surface area (Å²) in [5.41, 5.74) is -1.18. The van der Waals surface area contributed by atoms with E-state index in [-0.39, 0.29) is 30.7 Å². The number of nitro benzene ring substituents is 1. The van der Waals surface area contributed by atoms with E-state index in [1.54, 1.807) is 44.5 Å². The number of carbonyl (C=O) groups excluding carboxylic acids is 2. The predicted octanol–water partition coefficient (Wildman–Crippen LogP) is 3.05. The summed E-state index contributed by atoms with van der Waals surface area (Å²) in [4.78, 5) is 46.7. The van der Waals surface area contributed by atoms with Crippen LogP contribution in [0.3, 0.4) is 0 Å². The summed E-state index contributed by atoms with van der Waals surface area (Å²) in [6.45, 7) is 15.9. The molecule has 19 heteroatoms. The Kier molecular flexibility index (Phi) is 17.0. The van der Waals surface area contributed by atoms with Crippen molar-refractivity contribution in [3.05, 3.63) is 51.8 Å². The quantitative estimate of drug-likeness (QED) is 0.0978. The number of nitrogens with zero attached hydrogens (tertiary/aromatic N) is 6. The van der Waals surface area contributed by atoms with Gasteiger partial charge in [0.25, 0.3) is 5.69 Å². The van der Waals surface area contributed by atoms with Gasteiger partial charge in [0.15, 0.2) is 12.1 Å². The van der Waals surface area contributed by atoms with Crippen molar-refractivity contribution in [3.63, 3.8) is 0 Å². The summed E-state index contributed by atoms with van der Waals surface area (Å²) in [6.07, 6.45) is -2.72. The number of nitro groups is 1.